The summed E-state index contributed by atoms with van der Waals surface area (Å²) in [5, 5.41) is 7.83. The first-order valence-corrected chi connectivity index (χ1v) is 15.3. The van der Waals surface area contributed by atoms with Gasteiger partial charge in [-0.05, 0) is 83.0 Å². The summed E-state index contributed by atoms with van der Waals surface area (Å²) in [6.45, 7) is 2.08. The van der Waals surface area contributed by atoms with Crippen molar-refractivity contribution in [1.29, 1.82) is 0 Å². The van der Waals surface area contributed by atoms with Crippen LogP contribution in [0.4, 0.5) is 11.4 Å². The number of benzene rings is 4. The maximum atomic E-state index is 13.0. The summed E-state index contributed by atoms with van der Waals surface area (Å²) >= 11 is 0. The van der Waals surface area contributed by atoms with E-state index in [0.29, 0.717) is 30.0 Å². The third-order valence-electron chi connectivity index (χ3n) is 9.21. The van der Waals surface area contributed by atoms with Crippen LogP contribution in [0.5, 0.6) is 0 Å². The van der Waals surface area contributed by atoms with Crippen LogP contribution in [0.25, 0.3) is 21.9 Å². The van der Waals surface area contributed by atoms with Gasteiger partial charge in [0.05, 0.1) is 0 Å². The van der Waals surface area contributed by atoms with Crippen molar-refractivity contribution in [3.8, 4) is 11.1 Å². The van der Waals surface area contributed by atoms with Gasteiger partial charge in [0, 0.05) is 49.4 Å². The van der Waals surface area contributed by atoms with E-state index in [1.165, 1.54) is 32.5 Å². The molecule has 2 saturated heterocycles. The number of fused-ring (bicyclic) bond motifs is 2. The highest BCUT2D eigenvalue weighted by Gasteiger charge is 2.39. The lowest BCUT2D eigenvalue weighted by atomic mass is 9.92. The number of imide groups is 1. The minimum atomic E-state index is -0.655. The number of rotatable bonds is 6. The summed E-state index contributed by atoms with van der Waals surface area (Å²) in [6.07, 6.45) is 2.86. The summed E-state index contributed by atoms with van der Waals surface area (Å²) < 4.78 is 0. The first kappa shape index (κ1) is 27.8. The second-order valence-electron chi connectivity index (χ2n) is 12.0. The Morgan fingerprint density at radius 3 is 2.48 bits per heavy atom. The van der Waals surface area contributed by atoms with Gasteiger partial charge in [0.2, 0.25) is 17.7 Å². The minimum Gasteiger partial charge on any atom is -0.371 e. The predicted octanol–water partition coefficient (Wildman–Crippen LogP) is 5.51. The molecule has 8 heteroatoms. The summed E-state index contributed by atoms with van der Waals surface area (Å²) in [5.74, 6) is -0.697. The van der Waals surface area contributed by atoms with Crippen molar-refractivity contribution in [2.75, 3.05) is 23.3 Å². The molecule has 7 rings (SSSR count). The topological polar surface area (TPSA) is 98.8 Å². The van der Waals surface area contributed by atoms with Crippen LogP contribution < -0.4 is 15.5 Å². The molecule has 4 aromatic rings. The van der Waals surface area contributed by atoms with Crippen molar-refractivity contribution < 1.29 is 19.2 Å². The van der Waals surface area contributed by atoms with Crippen LogP contribution in [0.15, 0.2) is 84.9 Å². The molecule has 4 amide bonds. The van der Waals surface area contributed by atoms with E-state index in [9.17, 15) is 19.2 Å². The zero-order valence-electron chi connectivity index (χ0n) is 24.4. The SMILES string of the molecule is O=C1CCC(N2Cc3cc(NC(=O)CC4CCN(c5cccc(-c6cccc7ccccc67)c5)CC4)ccc3C2=O)C(=O)N1. The Labute approximate surface area is 256 Å². The Morgan fingerprint density at radius 1 is 0.841 bits per heavy atom. The average molecular weight is 587 g/mol. The highest BCUT2D eigenvalue weighted by atomic mass is 16.2. The standard InChI is InChI=1S/C36H34N4O4/c41-33-14-13-32(35(43)38-33)40-22-26-20-27(11-12-31(26)36(40)44)37-34(42)19-23-15-17-39(18-16-23)28-8-3-7-25(21-28)30-10-4-6-24-5-1-2-9-29(24)30/h1-12,20-21,23,32H,13-19,22H2,(H,37,42)(H,38,41,43). The second kappa shape index (κ2) is 11.6. The fourth-order valence-electron chi connectivity index (χ4n) is 6.87. The third-order valence-corrected chi connectivity index (χ3v) is 9.21. The van der Waals surface area contributed by atoms with E-state index < -0.39 is 11.9 Å². The van der Waals surface area contributed by atoms with Gasteiger partial charge in [0.25, 0.3) is 5.91 Å². The third kappa shape index (κ3) is 5.43. The number of amides is 4. The van der Waals surface area contributed by atoms with Gasteiger partial charge in [0.1, 0.15) is 6.04 Å². The Kier molecular flexibility index (Phi) is 7.34. The number of piperidine rings is 2. The quantitative estimate of drug-likeness (QED) is 0.290. The van der Waals surface area contributed by atoms with E-state index in [0.717, 1.165) is 31.5 Å². The van der Waals surface area contributed by atoms with Crippen LogP contribution in [-0.4, -0.2) is 47.7 Å². The van der Waals surface area contributed by atoms with Gasteiger partial charge in [-0.1, -0.05) is 54.6 Å². The predicted molar refractivity (Wildman–Crippen MR) is 170 cm³/mol. The van der Waals surface area contributed by atoms with E-state index in [-0.39, 0.29) is 30.7 Å². The summed E-state index contributed by atoms with van der Waals surface area (Å²) in [4.78, 5) is 53.7. The molecule has 0 aliphatic carbocycles. The lowest BCUT2D eigenvalue weighted by Crippen LogP contribution is -2.52. The molecule has 8 nitrogen and oxygen atoms in total. The first-order valence-electron chi connectivity index (χ1n) is 15.3. The van der Waals surface area contributed by atoms with E-state index in [2.05, 4.69) is 82.3 Å². The number of nitrogens with one attached hydrogen (secondary N) is 2. The number of carbonyl (C=O) groups excluding carboxylic acids is 4. The molecule has 0 saturated carbocycles. The molecule has 0 bridgehead atoms. The average Bonchev–Trinajstić information content (AvgIpc) is 3.36. The van der Waals surface area contributed by atoms with Crippen molar-refractivity contribution in [2.45, 2.75) is 44.7 Å². The maximum absolute atomic E-state index is 13.0. The van der Waals surface area contributed by atoms with Crippen LogP contribution >= 0.6 is 0 Å². The number of carbonyl (C=O) groups is 4. The Bertz CT molecular complexity index is 1790. The molecule has 2 N–H and O–H groups in total. The van der Waals surface area contributed by atoms with Crippen LogP contribution in [0.2, 0.25) is 0 Å². The van der Waals surface area contributed by atoms with Crippen molar-refractivity contribution >= 4 is 45.8 Å². The molecular weight excluding hydrogens is 552 g/mol. The maximum Gasteiger partial charge on any atom is 0.255 e. The van der Waals surface area contributed by atoms with Gasteiger partial charge in [-0.15, -0.1) is 0 Å². The van der Waals surface area contributed by atoms with E-state index >= 15 is 0 Å². The number of anilines is 2. The van der Waals surface area contributed by atoms with Crippen LogP contribution in [-0.2, 0) is 20.9 Å². The second-order valence-corrected chi connectivity index (χ2v) is 12.0. The molecule has 2 fully saturated rings. The largest absolute Gasteiger partial charge is 0.371 e. The smallest absolute Gasteiger partial charge is 0.255 e. The first-order chi connectivity index (χ1) is 21.4. The number of hydrogen-bond acceptors (Lipinski definition) is 5. The van der Waals surface area contributed by atoms with Gasteiger partial charge in [-0.25, -0.2) is 0 Å². The van der Waals surface area contributed by atoms with E-state index in [4.69, 9.17) is 0 Å². The Hall–Kier alpha value is -4.98. The zero-order chi connectivity index (χ0) is 30.2. The Morgan fingerprint density at radius 2 is 1.64 bits per heavy atom. The molecule has 0 spiro atoms. The highest BCUT2D eigenvalue weighted by molar-refractivity contribution is 6.06. The molecule has 3 aliphatic rings. The molecule has 3 heterocycles. The van der Waals surface area contributed by atoms with Crippen molar-refractivity contribution in [1.82, 2.24) is 10.2 Å². The van der Waals surface area contributed by atoms with Gasteiger partial charge in [-0.3, -0.25) is 24.5 Å². The zero-order valence-corrected chi connectivity index (χ0v) is 24.4. The van der Waals surface area contributed by atoms with Crippen molar-refractivity contribution in [3.63, 3.8) is 0 Å². The van der Waals surface area contributed by atoms with Gasteiger partial charge in [0.15, 0.2) is 0 Å². The van der Waals surface area contributed by atoms with Crippen LogP contribution in [0, 0.1) is 5.92 Å². The lowest BCUT2D eigenvalue weighted by molar-refractivity contribution is -0.137. The number of nitrogens with zero attached hydrogens (tertiary/aromatic N) is 2. The fraction of sp³-hybridized carbons (Fsp3) is 0.278. The highest BCUT2D eigenvalue weighted by Crippen LogP contribution is 2.33. The van der Waals surface area contributed by atoms with Crippen LogP contribution in [0.3, 0.4) is 0 Å². The molecule has 222 valence electrons. The van der Waals surface area contributed by atoms with Crippen molar-refractivity contribution in [3.05, 3.63) is 96.1 Å². The van der Waals surface area contributed by atoms with E-state index in [1.54, 1.807) is 12.1 Å². The molecule has 1 atom stereocenters. The number of hydrogen-bond donors (Lipinski definition) is 2. The van der Waals surface area contributed by atoms with E-state index in [1.807, 2.05) is 6.07 Å². The van der Waals surface area contributed by atoms with Gasteiger partial charge in [-0.2, -0.15) is 0 Å². The molecule has 4 aromatic carbocycles. The summed E-state index contributed by atoms with van der Waals surface area (Å²) in [5.41, 5.74) is 5.60. The van der Waals surface area contributed by atoms with Gasteiger partial charge >= 0.3 is 0 Å². The lowest BCUT2D eigenvalue weighted by Gasteiger charge is -2.33. The molecule has 0 aromatic heterocycles. The summed E-state index contributed by atoms with van der Waals surface area (Å²) in [6, 6.07) is 28.3. The van der Waals surface area contributed by atoms with Gasteiger partial charge < -0.3 is 15.1 Å². The molecule has 0 radical (unpaired) electrons. The monoisotopic (exact) mass is 586 g/mol. The van der Waals surface area contributed by atoms with Crippen LogP contribution in [0.1, 0.15) is 48.0 Å². The Balaban J connectivity index is 0.946. The summed E-state index contributed by atoms with van der Waals surface area (Å²) in [7, 11) is 0. The molecule has 1 unspecified atom stereocenters. The fourth-order valence-corrected chi connectivity index (χ4v) is 6.87. The van der Waals surface area contributed by atoms with Crippen molar-refractivity contribution in [2.24, 2.45) is 5.92 Å². The molecular formula is C36H34N4O4. The minimum absolute atomic E-state index is 0.0345. The normalized spacial score (nSPS) is 18.8. The molecule has 3 aliphatic heterocycles. The molecule has 44 heavy (non-hydrogen) atoms.